The molecule has 0 aliphatic carbocycles. The fraction of sp³-hybridized carbons (Fsp3) is 0.462. The van der Waals surface area contributed by atoms with Gasteiger partial charge in [-0.3, -0.25) is 4.79 Å². The van der Waals surface area contributed by atoms with Gasteiger partial charge in [-0.05, 0) is 25.0 Å². The van der Waals surface area contributed by atoms with Crippen LogP contribution in [-0.4, -0.2) is 35.5 Å². The molecule has 2 fully saturated rings. The number of alkyl halides is 3. The van der Waals surface area contributed by atoms with E-state index in [0.29, 0.717) is 12.8 Å². The number of benzene rings is 1. The summed E-state index contributed by atoms with van der Waals surface area (Å²) in [7, 11) is 0. The van der Waals surface area contributed by atoms with E-state index >= 15 is 0 Å². The molecule has 114 valence electrons. The molecule has 0 spiro atoms. The highest BCUT2D eigenvalue weighted by molar-refractivity contribution is 5.79. The first-order valence-corrected chi connectivity index (χ1v) is 6.44. The summed E-state index contributed by atoms with van der Waals surface area (Å²) in [5, 5.41) is 2.05. The molecule has 2 saturated heterocycles. The first kappa shape index (κ1) is 14.1. The molecule has 0 amide bonds. The number of esters is 1. The molecule has 2 aliphatic heterocycles. The van der Waals surface area contributed by atoms with Crippen LogP contribution in [0.3, 0.4) is 0 Å². The minimum Gasteiger partial charge on any atom is -0.414 e. The lowest BCUT2D eigenvalue weighted by Gasteiger charge is -2.37. The Morgan fingerprint density at radius 1 is 1.33 bits per heavy atom. The zero-order valence-electron chi connectivity index (χ0n) is 10.8. The monoisotopic (exact) mass is 304 g/mol. The molecule has 0 radical (unpaired) electrons. The van der Waals surface area contributed by atoms with E-state index in [1.807, 2.05) is 5.32 Å². The number of hydrogen-bond acceptors (Lipinski definition) is 4. The maximum absolute atomic E-state index is 13.7. The van der Waals surface area contributed by atoms with E-state index in [-0.39, 0.29) is 12.2 Å². The highest BCUT2D eigenvalue weighted by Crippen LogP contribution is 2.46. The highest BCUT2D eigenvalue weighted by Gasteiger charge is 2.70. The third-order valence-corrected chi connectivity index (χ3v) is 3.74. The van der Waals surface area contributed by atoms with E-state index in [9.17, 15) is 22.4 Å². The molecule has 0 unspecified atom stereocenters. The standard InChI is InChI=1S/C13H12F4N2O2/c14-8-4-1-2-5-9(8)18-13(12(15,16)17)19-7-3-6-10(19)11(20)21-13/h1-2,4-5,10,18H,3,6-7H2/t10-,13-/m1/s1. The molecular formula is C13H12F4N2O2. The Morgan fingerprint density at radius 2 is 2.05 bits per heavy atom. The summed E-state index contributed by atoms with van der Waals surface area (Å²) in [6, 6.07) is 4.02. The van der Waals surface area contributed by atoms with Gasteiger partial charge >= 0.3 is 18.0 Å². The maximum atomic E-state index is 13.7. The summed E-state index contributed by atoms with van der Waals surface area (Å²) in [6.07, 6.45) is -4.14. The van der Waals surface area contributed by atoms with Crippen LogP contribution in [0.2, 0.25) is 0 Å². The molecule has 3 rings (SSSR count). The summed E-state index contributed by atoms with van der Waals surface area (Å²) in [5.41, 5.74) is -0.366. The number of halogens is 4. The molecule has 1 aromatic carbocycles. The molecule has 2 aliphatic rings. The van der Waals surface area contributed by atoms with Crippen molar-refractivity contribution in [3.8, 4) is 0 Å². The Morgan fingerprint density at radius 3 is 2.71 bits per heavy atom. The van der Waals surface area contributed by atoms with Gasteiger partial charge in [-0.25, -0.2) is 9.29 Å². The van der Waals surface area contributed by atoms with Crippen LogP contribution in [0.4, 0.5) is 23.2 Å². The molecular weight excluding hydrogens is 292 g/mol. The second-order valence-electron chi connectivity index (χ2n) is 5.02. The molecule has 1 aromatic rings. The van der Waals surface area contributed by atoms with Crippen LogP contribution in [-0.2, 0) is 9.53 Å². The van der Waals surface area contributed by atoms with Crippen LogP contribution >= 0.6 is 0 Å². The zero-order chi connectivity index (χ0) is 15.3. The second-order valence-corrected chi connectivity index (χ2v) is 5.02. The predicted molar refractivity (Wildman–Crippen MR) is 64.6 cm³/mol. The Labute approximate surface area is 117 Å². The number of nitrogens with zero attached hydrogens (tertiary/aromatic N) is 1. The fourth-order valence-corrected chi connectivity index (χ4v) is 2.79. The van der Waals surface area contributed by atoms with Gasteiger partial charge in [0, 0.05) is 6.54 Å². The third-order valence-electron chi connectivity index (χ3n) is 3.74. The van der Waals surface area contributed by atoms with Crippen molar-refractivity contribution < 1.29 is 27.1 Å². The number of hydrogen-bond donors (Lipinski definition) is 1. The first-order chi connectivity index (χ1) is 9.85. The number of cyclic esters (lactones) is 1. The molecule has 1 N–H and O–H groups in total. The second kappa shape index (κ2) is 4.59. The molecule has 4 nitrogen and oxygen atoms in total. The number of fused-ring (bicyclic) bond motifs is 1. The highest BCUT2D eigenvalue weighted by atomic mass is 19.4. The predicted octanol–water partition coefficient (Wildman–Crippen LogP) is 2.47. The van der Waals surface area contributed by atoms with Crippen LogP contribution < -0.4 is 5.32 Å². The van der Waals surface area contributed by atoms with Gasteiger partial charge in [0.25, 0.3) is 0 Å². The average molecular weight is 304 g/mol. The lowest BCUT2D eigenvalue weighted by molar-refractivity contribution is -0.286. The smallest absolute Gasteiger partial charge is 0.414 e. The van der Waals surface area contributed by atoms with Crippen LogP contribution in [0, 0.1) is 5.82 Å². The van der Waals surface area contributed by atoms with E-state index in [1.54, 1.807) is 0 Å². The minimum absolute atomic E-state index is 0.0529. The molecule has 0 saturated carbocycles. The molecule has 21 heavy (non-hydrogen) atoms. The van der Waals surface area contributed by atoms with E-state index in [0.717, 1.165) is 11.0 Å². The summed E-state index contributed by atoms with van der Waals surface area (Å²) in [6.45, 7) is 0.0529. The number of ether oxygens (including phenoxy) is 1. The van der Waals surface area contributed by atoms with Crippen LogP contribution in [0.5, 0.6) is 0 Å². The van der Waals surface area contributed by atoms with Gasteiger partial charge in [0.1, 0.15) is 11.9 Å². The number of nitrogens with one attached hydrogen (secondary N) is 1. The van der Waals surface area contributed by atoms with Gasteiger partial charge in [0.15, 0.2) is 0 Å². The number of carbonyl (C=O) groups is 1. The first-order valence-electron chi connectivity index (χ1n) is 6.44. The van der Waals surface area contributed by atoms with Crippen LogP contribution in [0.25, 0.3) is 0 Å². The molecule has 0 aromatic heterocycles. The fourth-order valence-electron chi connectivity index (χ4n) is 2.79. The van der Waals surface area contributed by atoms with Gasteiger partial charge in [-0.15, -0.1) is 0 Å². The summed E-state index contributed by atoms with van der Waals surface area (Å²) in [5.74, 6) is -4.79. The van der Waals surface area contributed by atoms with Crippen molar-refractivity contribution in [2.75, 3.05) is 11.9 Å². The van der Waals surface area contributed by atoms with E-state index in [2.05, 4.69) is 4.74 Å². The number of carbonyl (C=O) groups excluding carboxylic acids is 1. The Hall–Kier alpha value is -1.83. The van der Waals surface area contributed by atoms with E-state index < -0.39 is 29.9 Å². The summed E-state index contributed by atoms with van der Waals surface area (Å²) in [4.78, 5) is 12.6. The lowest BCUT2D eigenvalue weighted by atomic mass is 10.2. The normalized spacial score (nSPS) is 29.3. The van der Waals surface area contributed by atoms with Crippen molar-refractivity contribution in [3.05, 3.63) is 30.1 Å². The van der Waals surface area contributed by atoms with Gasteiger partial charge in [0.05, 0.1) is 5.69 Å². The molecule has 2 atom stereocenters. The number of anilines is 1. The van der Waals surface area contributed by atoms with Gasteiger partial charge in [0.2, 0.25) is 0 Å². The lowest BCUT2D eigenvalue weighted by Crippen LogP contribution is -2.62. The molecule has 8 heteroatoms. The van der Waals surface area contributed by atoms with Gasteiger partial charge in [-0.2, -0.15) is 13.2 Å². The average Bonchev–Trinajstić information content (AvgIpc) is 2.96. The van der Waals surface area contributed by atoms with E-state index in [1.165, 1.54) is 18.2 Å². The van der Waals surface area contributed by atoms with Crippen molar-refractivity contribution in [1.29, 1.82) is 0 Å². The quantitative estimate of drug-likeness (QED) is 0.673. The van der Waals surface area contributed by atoms with Crippen LogP contribution in [0.1, 0.15) is 12.8 Å². The van der Waals surface area contributed by atoms with Gasteiger partial charge in [-0.1, -0.05) is 12.1 Å². The Kier molecular flexibility index (Phi) is 3.09. The Bertz CT molecular complexity index is 578. The third kappa shape index (κ3) is 2.05. The van der Waals surface area contributed by atoms with Crippen molar-refractivity contribution in [1.82, 2.24) is 4.90 Å². The summed E-state index contributed by atoms with van der Waals surface area (Å²) < 4.78 is 58.9. The molecule has 2 heterocycles. The molecule has 0 bridgehead atoms. The van der Waals surface area contributed by atoms with Gasteiger partial charge < -0.3 is 10.1 Å². The maximum Gasteiger partial charge on any atom is 0.465 e. The summed E-state index contributed by atoms with van der Waals surface area (Å²) >= 11 is 0. The number of para-hydroxylation sites is 1. The van der Waals surface area contributed by atoms with E-state index in [4.69, 9.17) is 0 Å². The Balaban J connectivity index is 2.03. The van der Waals surface area contributed by atoms with Crippen molar-refractivity contribution in [2.45, 2.75) is 30.9 Å². The largest absolute Gasteiger partial charge is 0.465 e. The minimum atomic E-state index is -4.90. The zero-order valence-corrected chi connectivity index (χ0v) is 10.8. The van der Waals surface area contributed by atoms with Crippen LogP contribution in [0.15, 0.2) is 24.3 Å². The SMILES string of the molecule is O=C1O[C@@](Nc2ccccc2F)(C(F)(F)F)N2CCC[C@H]12. The van der Waals surface area contributed by atoms with Crippen molar-refractivity contribution in [3.63, 3.8) is 0 Å². The van der Waals surface area contributed by atoms with Crippen molar-refractivity contribution in [2.24, 2.45) is 0 Å². The number of rotatable bonds is 2. The van der Waals surface area contributed by atoms with Crippen molar-refractivity contribution >= 4 is 11.7 Å². The topological polar surface area (TPSA) is 41.6 Å².